The van der Waals surface area contributed by atoms with Crippen molar-refractivity contribution in [3.05, 3.63) is 233 Å². The average Bonchev–Trinajstić information content (AvgIpc) is 3.87. The molecular formula is C55H38N2O. The number of ether oxygens (including phenoxy) is 1. The molecule has 9 aromatic carbocycles. The first-order valence-electron chi connectivity index (χ1n) is 20.1. The van der Waals surface area contributed by atoms with Crippen LogP contribution in [0, 0.1) is 0 Å². The van der Waals surface area contributed by atoms with Gasteiger partial charge in [-0.15, -0.1) is 0 Å². The van der Waals surface area contributed by atoms with Crippen LogP contribution in [0.1, 0.15) is 45.2 Å². The van der Waals surface area contributed by atoms with Gasteiger partial charge in [-0.25, -0.2) is 0 Å². The zero-order valence-corrected chi connectivity index (χ0v) is 31.7. The van der Waals surface area contributed by atoms with Crippen LogP contribution in [-0.4, -0.2) is 0 Å². The molecule has 3 heteroatoms. The van der Waals surface area contributed by atoms with Gasteiger partial charge in [-0.05, 0) is 126 Å². The summed E-state index contributed by atoms with van der Waals surface area (Å²) in [5.41, 5.74) is 16.7. The maximum Gasteiger partial charge on any atom is 0.196 e. The van der Waals surface area contributed by atoms with Gasteiger partial charge in [0.2, 0.25) is 0 Å². The van der Waals surface area contributed by atoms with Crippen molar-refractivity contribution in [2.24, 2.45) is 0 Å². The number of nitrogens with one attached hydrogen (secondary N) is 2. The van der Waals surface area contributed by atoms with Crippen molar-refractivity contribution in [2.75, 3.05) is 5.32 Å². The molecule has 0 bridgehead atoms. The Morgan fingerprint density at radius 2 is 1.19 bits per heavy atom. The lowest BCUT2D eigenvalue weighted by molar-refractivity contribution is 0.262. The smallest absolute Gasteiger partial charge is 0.196 e. The minimum absolute atomic E-state index is 0.257. The van der Waals surface area contributed by atoms with E-state index in [1.54, 1.807) is 0 Å². The second kappa shape index (κ2) is 12.8. The van der Waals surface area contributed by atoms with Crippen LogP contribution in [0.3, 0.4) is 0 Å². The predicted octanol–water partition coefficient (Wildman–Crippen LogP) is 13.3. The number of fused-ring (bicyclic) bond motifs is 9. The normalized spacial score (nSPS) is 15.5. The molecule has 2 heterocycles. The highest BCUT2D eigenvalue weighted by molar-refractivity contribution is 6.14. The molecule has 0 radical (unpaired) electrons. The first kappa shape index (κ1) is 32.8. The zero-order valence-electron chi connectivity index (χ0n) is 31.7. The van der Waals surface area contributed by atoms with Gasteiger partial charge < -0.3 is 15.4 Å². The maximum absolute atomic E-state index is 6.82. The fourth-order valence-corrected chi connectivity index (χ4v) is 9.88. The Balaban J connectivity index is 0.961. The predicted molar refractivity (Wildman–Crippen MR) is 239 cm³/mol. The van der Waals surface area contributed by atoms with Crippen molar-refractivity contribution >= 4 is 33.3 Å². The summed E-state index contributed by atoms with van der Waals surface area (Å²) < 4.78 is 6.82. The number of benzene rings is 9. The molecule has 3 nitrogen and oxygen atoms in total. The molecule has 58 heavy (non-hydrogen) atoms. The third kappa shape index (κ3) is 4.93. The van der Waals surface area contributed by atoms with Gasteiger partial charge in [0.1, 0.15) is 0 Å². The first-order valence-corrected chi connectivity index (χ1v) is 20.1. The van der Waals surface area contributed by atoms with Crippen LogP contribution in [0.2, 0.25) is 0 Å². The Kier molecular flexibility index (Phi) is 7.27. The molecule has 1 atom stereocenters. The highest BCUT2D eigenvalue weighted by atomic mass is 16.5. The Labute approximate surface area is 337 Å². The number of anilines is 1. The molecule has 0 saturated heterocycles. The molecule has 0 saturated carbocycles. The molecule has 1 aliphatic carbocycles. The summed E-state index contributed by atoms with van der Waals surface area (Å²) in [6, 6.07) is 69.4. The second-order valence-electron chi connectivity index (χ2n) is 15.7. The molecule has 12 rings (SSSR count). The van der Waals surface area contributed by atoms with Crippen molar-refractivity contribution in [3.63, 3.8) is 0 Å². The lowest BCUT2D eigenvalue weighted by atomic mass is 9.67. The van der Waals surface area contributed by atoms with Crippen molar-refractivity contribution in [1.82, 2.24) is 5.32 Å². The van der Waals surface area contributed by atoms with E-state index in [-0.39, 0.29) is 6.23 Å². The van der Waals surface area contributed by atoms with E-state index in [2.05, 4.69) is 205 Å². The first-order chi connectivity index (χ1) is 28.7. The second-order valence-corrected chi connectivity index (χ2v) is 15.7. The molecule has 9 aromatic rings. The van der Waals surface area contributed by atoms with Crippen molar-refractivity contribution in [3.8, 4) is 39.1 Å². The summed E-state index contributed by atoms with van der Waals surface area (Å²) in [5.74, 6) is 0.911. The highest BCUT2D eigenvalue weighted by Gasteiger charge is 2.46. The van der Waals surface area contributed by atoms with E-state index < -0.39 is 5.41 Å². The fourth-order valence-electron chi connectivity index (χ4n) is 9.88. The summed E-state index contributed by atoms with van der Waals surface area (Å²) in [6.45, 7) is 0.846. The van der Waals surface area contributed by atoms with E-state index in [1.807, 2.05) is 6.20 Å². The summed E-state index contributed by atoms with van der Waals surface area (Å²) in [5, 5.41) is 11.7. The van der Waals surface area contributed by atoms with Crippen LogP contribution in [0.15, 0.2) is 194 Å². The van der Waals surface area contributed by atoms with Crippen LogP contribution in [0.4, 0.5) is 5.69 Å². The lowest BCUT2D eigenvalue weighted by Gasteiger charge is -2.34. The third-order valence-electron chi connectivity index (χ3n) is 12.6. The molecule has 0 spiro atoms. The monoisotopic (exact) mass is 742 g/mol. The maximum atomic E-state index is 6.82. The molecule has 0 aromatic heterocycles. The van der Waals surface area contributed by atoms with E-state index in [0.29, 0.717) is 0 Å². The van der Waals surface area contributed by atoms with Crippen LogP contribution in [0.5, 0.6) is 5.75 Å². The van der Waals surface area contributed by atoms with E-state index in [0.717, 1.165) is 28.9 Å². The average molecular weight is 743 g/mol. The largest absolute Gasteiger partial charge is 0.464 e. The van der Waals surface area contributed by atoms with Crippen LogP contribution < -0.4 is 15.4 Å². The van der Waals surface area contributed by atoms with Crippen molar-refractivity contribution in [2.45, 2.75) is 18.2 Å². The van der Waals surface area contributed by atoms with E-state index >= 15 is 0 Å². The van der Waals surface area contributed by atoms with Gasteiger partial charge in [-0.1, -0.05) is 158 Å². The Bertz CT molecular complexity index is 3090. The van der Waals surface area contributed by atoms with Gasteiger partial charge in [-0.3, -0.25) is 0 Å². The van der Waals surface area contributed by atoms with Gasteiger partial charge in [0.25, 0.3) is 0 Å². The van der Waals surface area contributed by atoms with Gasteiger partial charge in [0.15, 0.2) is 12.0 Å². The quantitative estimate of drug-likeness (QED) is 0.172. The van der Waals surface area contributed by atoms with Gasteiger partial charge in [-0.2, -0.15) is 0 Å². The minimum Gasteiger partial charge on any atom is -0.464 e. The minimum atomic E-state index is -0.438. The summed E-state index contributed by atoms with van der Waals surface area (Å²) >= 11 is 0. The molecule has 2 aliphatic heterocycles. The van der Waals surface area contributed by atoms with Gasteiger partial charge in [0.05, 0.1) is 11.1 Å². The summed E-state index contributed by atoms with van der Waals surface area (Å²) in [4.78, 5) is 0. The molecule has 2 N–H and O–H groups in total. The zero-order chi connectivity index (χ0) is 38.2. The molecule has 3 aliphatic rings. The lowest BCUT2D eigenvalue weighted by Crippen LogP contribution is -2.28. The highest BCUT2D eigenvalue weighted by Crippen LogP contribution is 2.57. The van der Waals surface area contributed by atoms with Crippen LogP contribution >= 0.6 is 0 Å². The summed E-state index contributed by atoms with van der Waals surface area (Å²) in [7, 11) is 0. The third-order valence-corrected chi connectivity index (χ3v) is 12.6. The summed E-state index contributed by atoms with van der Waals surface area (Å²) in [6.07, 6.45) is 3.90. The Morgan fingerprint density at radius 3 is 2.02 bits per heavy atom. The van der Waals surface area contributed by atoms with E-state index in [9.17, 15) is 0 Å². The number of rotatable bonds is 5. The Morgan fingerprint density at radius 1 is 0.517 bits per heavy atom. The molecule has 0 amide bonds. The van der Waals surface area contributed by atoms with Gasteiger partial charge >= 0.3 is 0 Å². The number of hydrogen-bond acceptors (Lipinski definition) is 3. The standard InChI is InChI=1S/C55H38N2O/c1-3-12-44(13-4-1)55(45-14-5-2-6-15-45)49-17-8-7-16-46(49)47-26-24-40(33-50(47)55)38-11-9-10-37(30-38)39-21-19-35-18-20-36-25-27-51-53(52(36)48(35)32-39)58-54(57-51)42-22-23-43-34-56-29-28-41(43)31-42/h1-33,54,56-57H,34H2. The number of hydrogen-bond donors (Lipinski definition) is 2. The molecule has 274 valence electrons. The van der Waals surface area contributed by atoms with Gasteiger partial charge in [0, 0.05) is 17.5 Å². The SMILES string of the molecule is C1=Cc2cc(C3Nc4ccc5ccc6ccc(-c7cccc(-c8ccc9c(c8)C(c8ccccc8)(c8ccccc8)c8ccccc8-9)c7)cc6c5c4O3)ccc2CN1. The van der Waals surface area contributed by atoms with Crippen molar-refractivity contribution < 1.29 is 4.74 Å². The fraction of sp³-hybridized carbons (Fsp3) is 0.0545. The molecule has 0 fully saturated rings. The Hall–Kier alpha value is -7.36. The topological polar surface area (TPSA) is 33.3 Å². The molecule has 1 unspecified atom stereocenters. The molecular weight excluding hydrogens is 705 g/mol. The van der Waals surface area contributed by atoms with E-state index in [1.165, 1.54) is 82.9 Å². The van der Waals surface area contributed by atoms with Crippen LogP contribution in [-0.2, 0) is 12.0 Å². The van der Waals surface area contributed by atoms with Crippen LogP contribution in [0.25, 0.3) is 61.0 Å². The van der Waals surface area contributed by atoms with Crippen molar-refractivity contribution in [1.29, 1.82) is 0 Å². The van der Waals surface area contributed by atoms with E-state index in [4.69, 9.17) is 4.74 Å².